The van der Waals surface area contributed by atoms with Crippen molar-refractivity contribution < 1.29 is 9.90 Å². The standard InChI is InChI=1S/C9H20N2O2/c1-7(12)4-5-11-8(13)9(2,3)6-10/h7,12H,4-6,10H2,1-3H3,(H,11,13). The van der Waals surface area contributed by atoms with Crippen molar-refractivity contribution in [1.29, 1.82) is 0 Å². The number of hydrogen-bond donors (Lipinski definition) is 3. The Hall–Kier alpha value is -0.610. The molecular weight excluding hydrogens is 168 g/mol. The summed E-state index contributed by atoms with van der Waals surface area (Å²) >= 11 is 0. The molecule has 0 aromatic carbocycles. The van der Waals surface area contributed by atoms with E-state index in [0.717, 1.165) is 0 Å². The van der Waals surface area contributed by atoms with Gasteiger partial charge in [0.2, 0.25) is 5.91 Å². The lowest BCUT2D eigenvalue weighted by Gasteiger charge is -2.21. The molecule has 0 aliphatic rings. The third-order valence-corrected chi connectivity index (χ3v) is 1.97. The van der Waals surface area contributed by atoms with E-state index in [4.69, 9.17) is 10.8 Å². The van der Waals surface area contributed by atoms with Crippen molar-refractivity contribution in [2.24, 2.45) is 11.1 Å². The largest absolute Gasteiger partial charge is 0.393 e. The van der Waals surface area contributed by atoms with Gasteiger partial charge in [0.05, 0.1) is 11.5 Å². The van der Waals surface area contributed by atoms with Gasteiger partial charge in [-0.2, -0.15) is 0 Å². The summed E-state index contributed by atoms with van der Waals surface area (Å²) < 4.78 is 0. The fourth-order valence-electron chi connectivity index (χ4n) is 0.727. The second-order valence-electron chi connectivity index (χ2n) is 3.98. The Labute approximate surface area is 79.5 Å². The van der Waals surface area contributed by atoms with Crippen molar-refractivity contribution in [2.45, 2.75) is 33.3 Å². The summed E-state index contributed by atoms with van der Waals surface area (Å²) in [4.78, 5) is 11.4. The summed E-state index contributed by atoms with van der Waals surface area (Å²) in [5.74, 6) is -0.0596. The van der Waals surface area contributed by atoms with Gasteiger partial charge in [-0.15, -0.1) is 0 Å². The van der Waals surface area contributed by atoms with Crippen LogP contribution in [0.2, 0.25) is 0 Å². The first kappa shape index (κ1) is 12.4. The smallest absolute Gasteiger partial charge is 0.226 e. The molecule has 0 saturated heterocycles. The fraction of sp³-hybridized carbons (Fsp3) is 0.889. The molecule has 4 heteroatoms. The topological polar surface area (TPSA) is 75.3 Å². The maximum atomic E-state index is 11.4. The molecule has 4 N–H and O–H groups in total. The average molecular weight is 188 g/mol. The van der Waals surface area contributed by atoms with Crippen LogP contribution in [0.4, 0.5) is 0 Å². The van der Waals surface area contributed by atoms with E-state index in [1.54, 1.807) is 20.8 Å². The second kappa shape index (κ2) is 5.19. The first-order valence-electron chi connectivity index (χ1n) is 4.56. The van der Waals surface area contributed by atoms with Gasteiger partial charge in [-0.3, -0.25) is 4.79 Å². The Balaban J connectivity index is 3.75. The highest BCUT2D eigenvalue weighted by Gasteiger charge is 2.24. The van der Waals surface area contributed by atoms with Crippen LogP contribution in [-0.4, -0.2) is 30.2 Å². The van der Waals surface area contributed by atoms with Crippen LogP contribution in [0, 0.1) is 5.41 Å². The highest BCUT2D eigenvalue weighted by atomic mass is 16.3. The minimum absolute atomic E-state index is 0.0596. The molecule has 0 spiro atoms. The Morgan fingerprint density at radius 3 is 2.54 bits per heavy atom. The molecule has 0 aromatic heterocycles. The van der Waals surface area contributed by atoms with Crippen LogP contribution in [-0.2, 0) is 4.79 Å². The van der Waals surface area contributed by atoms with E-state index < -0.39 is 5.41 Å². The number of carbonyl (C=O) groups is 1. The van der Waals surface area contributed by atoms with Gasteiger partial charge in [0, 0.05) is 13.1 Å². The molecule has 0 heterocycles. The van der Waals surface area contributed by atoms with Crippen LogP contribution in [0.5, 0.6) is 0 Å². The van der Waals surface area contributed by atoms with Gasteiger partial charge in [-0.1, -0.05) is 0 Å². The summed E-state index contributed by atoms with van der Waals surface area (Å²) in [5.41, 5.74) is 4.91. The summed E-state index contributed by atoms with van der Waals surface area (Å²) in [6.07, 6.45) is 0.202. The highest BCUT2D eigenvalue weighted by molar-refractivity contribution is 5.81. The summed E-state index contributed by atoms with van der Waals surface area (Å²) in [6.45, 7) is 6.11. The molecule has 0 radical (unpaired) electrons. The Kier molecular flexibility index (Phi) is 4.95. The number of aliphatic hydroxyl groups excluding tert-OH is 1. The molecule has 1 unspecified atom stereocenters. The van der Waals surface area contributed by atoms with Crippen LogP contribution in [0.25, 0.3) is 0 Å². The monoisotopic (exact) mass is 188 g/mol. The van der Waals surface area contributed by atoms with E-state index in [2.05, 4.69) is 5.32 Å². The zero-order valence-corrected chi connectivity index (χ0v) is 8.63. The molecule has 1 atom stereocenters. The van der Waals surface area contributed by atoms with E-state index in [-0.39, 0.29) is 12.0 Å². The molecule has 0 aromatic rings. The van der Waals surface area contributed by atoms with Gasteiger partial charge < -0.3 is 16.2 Å². The summed E-state index contributed by atoms with van der Waals surface area (Å²) in [6, 6.07) is 0. The van der Waals surface area contributed by atoms with Gasteiger partial charge in [0.25, 0.3) is 0 Å². The van der Waals surface area contributed by atoms with Crippen LogP contribution < -0.4 is 11.1 Å². The predicted molar refractivity (Wildman–Crippen MR) is 52.1 cm³/mol. The minimum Gasteiger partial charge on any atom is -0.393 e. The van der Waals surface area contributed by atoms with E-state index in [9.17, 15) is 4.79 Å². The number of amides is 1. The number of aliphatic hydroxyl groups is 1. The molecule has 0 saturated carbocycles. The van der Waals surface area contributed by atoms with Crippen LogP contribution in [0.15, 0.2) is 0 Å². The molecular formula is C9H20N2O2. The average Bonchev–Trinajstić information content (AvgIpc) is 2.03. The predicted octanol–water partition coefficient (Wildman–Crippen LogP) is -0.142. The number of nitrogens with one attached hydrogen (secondary N) is 1. The first-order chi connectivity index (χ1) is 5.90. The van der Waals surface area contributed by atoms with E-state index >= 15 is 0 Å². The number of rotatable bonds is 5. The van der Waals surface area contributed by atoms with Crippen LogP contribution in [0.3, 0.4) is 0 Å². The lowest BCUT2D eigenvalue weighted by molar-refractivity contribution is -0.128. The maximum Gasteiger partial charge on any atom is 0.226 e. The lowest BCUT2D eigenvalue weighted by atomic mass is 9.93. The zero-order valence-electron chi connectivity index (χ0n) is 8.63. The number of nitrogens with two attached hydrogens (primary N) is 1. The van der Waals surface area contributed by atoms with Crippen molar-refractivity contribution in [2.75, 3.05) is 13.1 Å². The highest BCUT2D eigenvalue weighted by Crippen LogP contribution is 2.11. The molecule has 1 amide bonds. The molecule has 0 bridgehead atoms. The number of carbonyl (C=O) groups excluding carboxylic acids is 1. The molecule has 0 aliphatic carbocycles. The van der Waals surface area contributed by atoms with Crippen molar-refractivity contribution in [3.63, 3.8) is 0 Å². The minimum atomic E-state index is -0.515. The third kappa shape index (κ3) is 4.85. The molecule has 0 aliphatic heterocycles. The van der Waals surface area contributed by atoms with Crippen LogP contribution >= 0.6 is 0 Å². The maximum absolute atomic E-state index is 11.4. The van der Waals surface area contributed by atoms with Crippen LogP contribution in [0.1, 0.15) is 27.2 Å². The van der Waals surface area contributed by atoms with Gasteiger partial charge in [-0.25, -0.2) is 0 Å². The lowest BCUT2D eigenvalue weighted by Crippen LogP contribution is -2.42. The fourth-order valence-corrected chi connectivity index (χ4v) is 0.727. The summed E-state index contributed by atoms with van der Waals surface area (Å²) in [7, 11) is 0. The Bertz CT molecular complexity index is 167. The van der Waals surface area contributed by atoms with E-state index in [1.165, 1.54) is 0 Å². The van der Waals surface area contributed by atoms with Crippen molar-refractivity contribution in [3.05, 3.63) is 0 Å². The zero-order chi connectivity index (χ0) is 10.5. The van der Waals surface area contributed by atoms with Gasteiger partial charge in [0.15, 0.2) is 0 Å². The van der Waals surface area contributed by atoms with E-state index in [0.29, 0.717) is 19.5 Å². The van der Waals surface area contributed by atoms with Crippen molar-refractivity contribution in [3.8, 4) is 0 Å². The molecule has 4 nitrogen and oxygen atoms in total. The summed E-state index contributed by atoms with van der Waals surface area (Å²) in [5, 5.41) is 11.7. The molecule has 13 heavy (non-hydrogen) atoms. The normalized spacial score (nSPS) is 13.9. The van der Waals surface area contributed by atoms with Gasteiger partial charge in [0.1, 0.15) is 0 Å². The molecule has 0 rings (SSSR count). The molecule has 78 valence electrons. The molecule has 0 fully saturated rings. The quantitative estimate of drug-likeness (QED) is 0.562. The SMILES string of the molecule is CC(O)CCNC(=O)C(C)(C)CN. The Morgan fingerprint density at radius 2 is 2.15 bits per heavy atom. The van der Waals surface area contributed by atoms with Crippen molar-refractivity contribution >= 4 is 5.91 Å². The third-order valence-electron chi connectivity index (χ3n) is 1.97. The first-order valence-corrected chi connectivity index (χ1v) is 4.56. The Morgan fingerprint density at radius 1 is 1.62 bits per heavy atom. The van der Waals surface area contributed by atoms with Gasteiger partial charge >= 0.3 is 0 Å². The van der Waals surface area contributed by atoms with Crippen molar-refractivity contribution in [1.82, 2.24) is 5.32 Å². The number of hydrogen-bond acceptors (Lipinski definition) is 3. The second-order valence-corrected chi connectivity index (χ2v) is 3.98. The van der Waals surface area contributed by atoms with Gasteiger partial charge in [-0.05, 0) is 27.2 Å². The van der Waals surface area contributed by atoms with E-state index in [1.807, 2.05) is 0 Å².